The maximum Gasteiger partial charge on any atom is 0.0222 e. The van der Waals surface area contributed by atoms with Crippen molar-refractivity contribution in [3.05, 3.63) is 33.8 Å². The van der Waals surface area contributed by atoms with Crippen LogP contribution in [0.3, 0.4) is 0 Å². The molecule has 1 aromatic rings. The average molecular weight is 296 g/mol. The Labute approximate surface area is 113 Å². The normalized spacial score (nSPS) is 18.5. The smallest absolute Gasteiger partial charge is 0.0222 e. The minimum atomic E-state index is 0.644. The van der Waals surface area contributed by atoms with E-state index in [1.54, 1.807) is 0 Å². The molecule has 1 aromatic carbocycles. The van der Waals surface area contributed by atoms with E-state index in [2.05, 4.69) is 53.3 Å². The number of aryl methyl sites for hydroxylation is 1. The van der Waals surface area contributed by atoms with Crippen molar-refractivity contribution in [2.24, 2.45) is 5.92 Å². The Balaban J connectivity index is 1.88. The van der Waals surface area contributed by atoms with Gasteiger partial charge in [-0.1, -0.05) is 40.9 Å². The summed E-state index contributed by atoms with van der Waals surface area (Å²) in [5.74, 6) is 0.888. The molecule has 1 atom stereocenters. The van der Waals surface area contributed by atoms with Crippen LogP contribution in [-0.4, -0.2) is 6.04 Å². The van der Waals surface area contributed by atoms with Crippen molar-refractivity contribution in [3.8, 4) is 0 Å². The molecule has 2 heteroatoms. The van der Waals surface area contributed by atoms with Gasteiger partial charge in [0.05, 0.1) is 0 Å². The van der Waals surface area contributed by atoms with Gasteiger partial charge in [-0.3, -0.25) is 0 Å². The Hall–Kier alpha value is -0.340. The van der Waals surface area contributed by atoms with Crippen LogP contribution in [0, 0.1) is 12.8 Å². The summed E-state index contributed by atoms with van der Waals surface area (Å²) in [5.41, 5.74) is 2.67. The quantitative estimate of drug-likeness (QED) is 0.867. The number of nitrogens with one attached hydrogen (secondary N) is 1. The average Bonchev–Trinajstić information content (AvgIpc) is 2.81. The molecule has 1 unspecified atom stereocenters. The molecule has 1 aliphatic carbocycles. The Morgan fingerprint density at radius 2 is 2.06 bits per heavy atom. The zero-order chi connectivity index (χ0) is 12.3. The fourth-order valence-electron chi connectivity index (χ4n) is 2.69. The first-order valence-electron chi connectivity index (χ1n) is 6.65. The highest BCUT2D eigenvalue weighted by atomic mass is 79.9. The van der Waals surface area contributed by atoms with Gasteiger partial charge in [0.2, 0.25) is 0 Å². The van der Waals surface area contributed by atoms with Gasteiger partial charge in [-0.05, 0) is 49.8 Å². The monoisotopic (exact) mass is 295 g/mol. The lowest BCUT2D eigenvalue weighted by molar-refractivity contribution is 0.380. The van der Waals surface area contributed by atoms with Gasteiger partial charge < -0.3 is 5.32 Å². The molecule has 2 rings (SSSR count). The molecule has 0 amide bonds. The highest BCUT2D eigenvalue weighted by Crippen LogP contribution is 2.28. The number of halogens is 1. The second kappa shape index (κ2) is 6.01. The van der Waals surface area contributed by atoms with E-state index < -0.39 is 0 Å². The van der Waals surface area contributed by atoms with Crippen molar-refractivity contribution in [2.75, 3.05) is 0 Å². The first kappa shape index (κ1) is 13.1. The third kappa shape index (κ3) is 3.56. The summed E-state index contributed by atoms with van der Waals surface area (Å²) in [7, 11) is 0. The highest BCUT2D eigenvalue weighted by Gasteiger charge is 2.20. The van der Waals surface area contributed by atoms with Gasteiger partial charge in [0.15, 0.2) is 0 Å². The molecule has 0 aromatic heterocycles. The molecule has 0 heterocycles. The van der Waals surface area contributed by atoms with E-state index in [-0.39, 0.29) is 0 Å². The van der Waals surface area contributed by atoms with Crippen LogP contribution in [0.25, 0.3) is 0 Å². The predicted octanol–water partition coefficient (Wildman–Crippen LogP) is 4.43. The van der Waals surface area contributed by atoms with E-state index in [1.807, 2.05) is 0 Å². The van der Waals surface area contributed by atoms with Crippen LogP contribution in [0.5, 0.6) is 0 Å². The van der Waals surface area contributed by atoms with E-state index in [1.165, 1.54) is 41.3 Å². The van der Waals surface area contributed by atoms with Crippen LogP contribution in [-0.2, 0) is 6.54 Å². The summed E-state index contributed by atoms with van der Waals surface area (Å²) < 4.78 is 1.23. The van der Waals surface area contributed by atoms with Crippen LogP contribution in [0.15, 0.2) is 22.7 Å². The highest BCUT2D eigenvalue weighted by molar-refractivity contribution is 9.10. The number of hydrogen-bond acceptors (Lipinski definition) is 1. The van der Waals surface area contributed by atoms with Crippen molar-refractivity contribution in [2.45, 2.75) is 52.1 Å². The van der Waals surface area contributed by atoms with Gasteiger partial charge in [-0.15, -0.1) is 0 Å². The zero-order valence-electron chi connectivity index (χ0n) is 10.8. The van der Waals surface area contributed by atoms with Gasteiger partial charge in [0, 0.05) is 17.1 Å². The molecule has 1 aliphatic rings. The van der Waals surface area contributed by atoms with Gasteiger partial charge in [0.1, 0.15) is 0 Å². The summed E-state index contributed by atoms with van der Waals surface area (Å²) in [5, 5.41) is 3.67. The molecule has 0 saturated heterocycles. The number of rotatable bonds is 4. The minimum Gasteiger partial charge on any atom is -0.310 e. The fourth-order valence-corrected chi connectivity index (χ4v) is 3.32. The summed E-state index contributed by atoms with van der Waals surface area (Å²) in [6.45, 7) is 5.43. The van der Waals surface area contributed by atoms with Crippen LogP contribution >= 0.6 is 15.9 Å². The van der Waals surface area contributed by atoms with Crippen molar-refractivity contribution in [1.82, 2.24) is 5.32 Å². The van der Waals surface area contributed by atoms with Crippen molar-refractivity contribution >= 4 is 15.9 Å². The van der Waals surface area contributed by atoms with Crippen molar-refractivity contribution < 1.29 is 0 Å². The molecule has 1 N–H and O–H groups in total. The van der Waals surface area contributed by atoms with Crippen LogP contribution in [0.1, 0.15) is 43.7 Å². The lowest BCUT2D eigenvalue weighted by Gasteiger charge is -2.20. The third-order valence-corrected chi connectivity index (χ3v) is 4.67. The van der Waals surface area contributed by atoms with Crippen LogP contribution in [0.4, 0.5) is 0 Å². The van der Waals surface area contributed by atoms with Gasteiger partial charge in [-0.25, -0.2) is 0 Å². The largest absolute Gasteiger partial charge is 0.310 e. The van der Waals surface area contributed by atoms with E-state index in [4.69, 9.17) is 0 Å². The Morgan fingerprint density at radius 3 is 2.71 bits per heavy atom. The predicted molar refractivity (Wildman–Crippen MR) is 77.1 cm³/mol. The van der Waals surface area contributed by atoms with Crippen molar-refractivity contribution in [3.63, 3.8) is 0 Å². The molecule has 0 spiro atoms. The van der Waals surface area contributed by atoms with Gasteiger partial charge >= 0.3 is 0 Å². The van der Waals surface area contributed by atoms with Gasteiger partial charge in [-0.2, -0.15) is 0 Å². The Morgan fingerprint density at radius 1 is 1.35 bits per heavy atom. The lowest BCUT2D eigenvalue weighted by atomic mass is 9.99. The minimum absolute atomic E-state index is 0.644. The lowest BCUT2D eigenvalue weighted by Crippen LogP contribution is -2.31. The second-order valence-electron chi connectivity index (χ2n) is 5.31. The van der Waals surface area contributed by atoms with E-state index >= 15 is 0 Å². The van der Waals surface area contributed by atoms with Crippen LogP contribution < -0.4 is 5.32 Å². The summed E-state index contributed by atoms with van der Waals surface area (Å²) in [6, 6.07) is 7.23. The number of benzene rings is 1. The van der Waals surface area contributed by atoms with E-state index in [0.717, 1.165) is 12.5 Å². The maximum absolute atomic E-state index is 3.67. The fraction of sp³-hybridized carbons (Fsp3) is 0.600. The third-order valence-electron chi connectivity index (χ3n) is 3.93. The first-order valence-corrected chi connectivity index (χ1v) is 7.44. The summed E-state index contributed by atoms with van der Waals surface area (Å²) >= 11 is 3.64. The van der Waals surface area contributed by atoms with E-state index in [0.29, 0.717) is 6.04 Å². The molecule has 1 saturated carbocycles. The molecule has 1 nitrogen and oxygen atoms in total. The summed E-state index contributed by atoms with van der Waals surface area (Å²) in [4.78, 5) is 0. The first-order chi connectivity index (χ1) is 8.16. The van der Waals surface area contributed by atoms with E-state index in [9.17, 15) is 0 Å². The Bertz CT molecular complexity index is 369. The molecule has 94 valence electrons. The zero-order valence-corrected chi connectivity index (χ0v) is 12.4. The number of hydrogen-bond donors (Lipinski definition) is 1. The molecule has 0 radical (unpaired) electrons. The molecule has 17 heavy (non-hydrogen) atoms. The molecular formula is C15H22BrN. The topological polar surface area (TPSA) is 12.0 Å². The van der Waals surface area contributed by atoms with Crippen LogP contribution in [0.2, 0.25) is 0 Å². The molecule has 0 aliphatic heterocycles. The molecule has 0 bridgehead atoms. The van der Waals surface area contributed by atoms with Crippen molar-refractivity contribution in [1.29, 1.82) is 0 Å². The SMILES string of the molecule is Cc1ccc(CNC(C)C2CCCC2)c(Br)c1. The van der Waals surface area contributed by atoms with Gasteiger partial charge in [0.25, 0.3) is 0 Å². The molecular weight excluding hydrogens is 274 g/mol. The standard InChI is InChI=1S/C15H22BrN/c1-11-7-8-14(15(16)9-11)10-17-12(2)13-5-3-4-6-13/h7-9,12-13,17H,3-6,10H2,1-2H3. The maximum atomic E-state index is 3.67. The molecule has 1 fully saturated rings. The Kier molecular flexibility index (Phi) is 4.63. The second-order valence-corrected chi connectivity index (χ2v) is 6.16. The summed E-state index contributed by atoms with van der Waals surface area (Å²) in [6.07, 6.45) is 5.66.